The molecule has 0 bridgehead atoms. The molecule has 0 spiro atoms. The SMILES string of the molecule is C#Cc1ccc(C(=O)N2CCC(OC(=O)NC(C)(C)C)CC2)cc1. The number of terminal acetylenes is 1. The number of nitrogens with one attached hydrogen (secondary N) is 1. The van der Waals surface area contributed by atoms with E-state index in [0.29, 0.717) is 31.5 Å². The average molecular weight is 328 g/mol. The van der Waals surface area contributed by atoms with Gasteiger partial charge in [0.25, 0.3) is 5.91 Å². The Morgan fingerprint density at radius 3 is 2.29 bits per heavy atom. The van der Waals surface area contributed by atoms with Crippen molar-refractivity contribution in [3.8, 4) is 12.3 Å². The van der Waals surface area contributed by atoms with Crippen LogP contribution in [0.1, 0.15) is 49.5 Å². The zero-order chi connectivity index (χ0) is 17.7. The largest absolute Gasteiger partial charge is 0.446 e. The number of nitrogens with zero attached hydrogens (tertiary/aromatic N) is 1. The van der Waals surface area contributed by atoms with Crippen molar-refractivity contribution in [1.82, 2.24) is 10.2 Å². The van der Waals surface area contributed by atoms with Crippen molar-refractivity contribution in [1.29, 1.82) is 0 Å². The van der Waals surface area contributed by atoms with Crippen LogP contribution >= 0.6 is 0 Å². The summed E-state index contributed by atoms with van der Waals surface area (Å²) in [5, 5.41) is 2.78. The summed E-state index contributed by atoms with van der Waals surface area (Å²) < 4.78 is 5.42. The number of rotatable bonds is 2. The molecule has 1 aliphatic heterocycles. The third-order valence-corrected chi connectivity index (χ3v) is 3.78. The zero-order valence-electron chi connectivity index (χ0n) is 14.5. The summed E-state index contributed by atoms with van der Waals surface area (Å²) in [5.41, 5.74) is 1.06. The summed E-state index contributed by atoms with van der Waals surface area (Å²) in [6.45, 7) is 6.86. The predicted molar refractivity (Wildman–Crippen MR) is 92.7 cm³/mol. The Hall–Kier alpha value is -2.48. The molecule has 0 saturated carbocycles. The van der Waals surface area contributed by atoms with Crippen LogP contribution in [0.2, 0.25) is 0 Å². The zero-order valence-corrected chi connectivity index (χ0v) is 14.5. The molecular formula is C19H24N2O3. The smallest absolute Gasteiger partial charge is 0.407 e. The van der Waals surface area contributed by atoms with Gasteiger partial charge >= 0.3 is 6.09 Å². The standard InChI is InChI=1S/C19H24N2O3/c1-5-14-6-8-15(9-7-14)17(22)21-12-10-16(11-13-21)24-18(23)20-19(2,3)4/h1,6-9,16H,10-13H2,2-4H3,(H,20,23). The van der Waals surface area contributed by atoms with Crippen LogP contribution in [0.4, 0.5) is 4.79 Å². The van der Waals surface area contributed by atoms with Crippen molar-refractivity contribution < 1.29 is 14.3 Å². The average Bonchev–Trinajstić information content (AvgIpc) is 2.53. The van der Waals surface area contributed by atoms with Gasteiger partial charge in [-0.15, -0.1) is 6.42 Å². The summed E-state index contributed by atoms with van der Waals surface area (Å²) in [5.74, 6) is 2.52. The molecule has 1 aliphatic rings. The van der Waals surface area contributed by atoms with Gasteiger partial charge in [-0.1, -0.05) is 5.92 Å². The van der Waals surface area contributed by atoms with Gasteiger partial charge in [0.1, 0.15) is 6.10 Å². The third-order valence-electron chi connectivity index (χ3n) is 3.78. The van der Waals surface area contributed by atoms with Crippen molar-refractivity contribution in [2.75, 3.05) is 13.1 Å². The molecule has 5 nitrogen and oxygen atoms in total. The maximum Gasteiger partial charge on any atom is 0.407 e. The number of carbonyl (C=O) groups excluding carboxylic acids is 2. The molecule has 1 fully saturated rings. The second kappa shape index (κ2) is 7.39. The molecule has 1 aromatic rings. The van der Waals surface area contributed by atoms with E-state index >= 15 is 0 Å². The molecule has 0 radical (unpaired) electrons. The van der Waals surface area contributed by atoms with E-state index in [2.05, 4.69) is 11.2 Å². The number of amides is 2. The summed E-state index contributed by atoms with van der Waals surface area (Å²) >= 11 is 0. The first-order valence-corrected chi connectivity index (χ1v) is 8.13. The molecule has 1 aromatic carbocycles. The van der Waals surface area contributed by atoms with Crippen LogP contribution in [0.5, 0.6) is 0 Å². The highest BCUT2D eigenvalue weighted by Crippen LogP contribution is 2.17. The van der Waals surface area contributed by atoms with Crippen LogP contribution in [-0.4, -0.2) is 41.6 Å². The Morgan fingerprint density at radius 2 is 1.79 bits per heavy atom. The van der Waals surface area contributed by atoms with Crippen LogP contribution < -0.4 is 5.32 Å². The van der Waals surface area contributed by atoms with E-state index < -0.39 is 6.09 Å². The Balaban J connectivity index is 1.84. The van der Waals surface area contributed by atoms with Gasteiger partial charge in [-0.2, -0.15) is 0 Å². The molecule has 2 rings (SSSR count). The summed E-state index contributed by atoms with van der Waals surface area (Å²) in [6, 6.07) is 7.02. The minimum absolute atomic E-state index is 0.0174. The minimum Gasteiger partial charge on any atom is -0.446 e. The van der Waals surface area contributed by atoms with E-state index in [9.17, 15) is 9.59 Å². The Kier molecular flexibility index (Phi) is 5.50. The minimum atomic E-state index is -0.405. The van der Waals surface area contributed by atoms with Crippen LogP contribution in [0.25, 0.3) is 0 Å². The van der Waals surface area contributed by atoms with Crippen molar-refractivity contribution >= 4 is 12.0 Å². The number of carbonyl (C=O) groups is 2. The van der Waals surface area contributed by atoms with Crippen molar-refractivity contribution in [2.45, 2.75) is 45.3 Å². The van der Waals surface area contributed by atoms with Gasteiger partial charge in [-0.3, -0.25) is 4.79 Å². The fourth-order valence-electron chi connectivity index (χ4n) is 2.56. The molecule has 5 heteroatoms. The van der Waals surface area contributed by atoms with E-state index in [4.69, 9.17) is 11.2 Å². The lowest BCUT2D eigenvalue weighted by Crippen LogP contribution is -2.45. The van der Waals surface area contributed by atoms with Gasteiger partial charge in [-0.25, -0.2) is 4.79 Å². The molecule has 0 aliphatic carbocycles. The number of alkyl carbamates (subject to hydrolysis) is 1. The monoisotopic (exact) mass is 328 g/mol. The highest BCUT2D eigenvalue weighted by molar-refractivity contribution is 5.94. The molecule has 2 amide bonds. The number of hydrogen-bond acceptors (Lipinski definition) is 3. The summed E-state index contributed by atoms with van der Waals surface area (Å²) in [4.78, 5) is 26.0. The maximum atomic E-state index is 12.5. The van der Waals surface area contributed by atoms with E-state index in [0.717, 1.165) is 5.56 Å². The van der Waals surface area contributed by atoms with Crippen molar-refractivity contribution in [3.63, 3.8) is 0 Å². The van der Waals surface area contributed by atoms with Gasteiger partial charge in [0.2, 0.25) is 0 Å². The summed E-state index contributed by atoms with van der Waals surface area (Å²) in [6.07, 6.45) is 6.05. The van der Waals surface area contributed by atoms with Gasteiger partial charge in [0.15, 0.2) is 0 Å². The maximum absolute atomic E-state index is 12.5. The lowest BCUT2D eigenvalue weighted by atomic mass is 10.1. The highest BCUT2D eigenvalue weighted by Gasteiger charge is 2.26. The first kappa shape index (κ1) is 17.9. The Morgan fingerprint density at radius 1 is 1.21 bits per heavy atom. The van der Waals surface area contributed by atoms with Crippen molar-refractivity contribution in [3.05, 3.63) is 35.4 Å². The molecule has 0 aromatic heterocycles. The first-order valence-electron chi connectivity index (χ1n) is 8.13. The quantitative estimate of drug-likeness (QED) is 0.849. The van der Waals surface area contributed by atoms with E-state index in [1.807, 2.05) is 20.8 Å². The predicted octanol–water partition coefficient (Wildman–Crippen LogP) is 2.80. The second-order valence-electron chi connectivity index (χ2n) is 6.99. The van der Waals surface area contributed by atoms with Crippen LogP contribution in [0, 0.1) is 12.3 Å². The fourth-order valence-corrected chi connectivity index (χ4v) is 2.56. The van der Waals surface area contributed by atoms with E-state index in [1.54, 1.807) is 29.2 Å². The van der Waals surface area contributed by atoms with E-state index in [-0.39, 0.29) is 17.6 Å². The van der Waals surface area contributed by atoms with Gasteiger partial charge in [-0.05, 0) is 45.0 Å². The molecule has 1 N–H and O–H groups in total. The van der Waals surface area contributed by atoms with Gasteiger partial charge in [0, 0.05) is 42.6 Å². The van der Waals surface area contributed by atoms with Crippen LogP contribution in [-0.2, 0) is 4.74 Å². The van der Waals surface area contributed by atoms with Crippen LogP contribution in [0.15, 0.2) is 24.3 Å². The molecular weight excluding hydrogens is 304 g/mol. The second-order valence-corrected chi connectivity index (χ2v) is 6.99. The molecule has 0 unspecified atom stereocenters. The lowest BCUT2D eigenvalue weighted by Gasteiger charge is -2.32. The number of hydrogen-bond donors (Lipinski definition) is 1. The summed E-state index contributed by atoms with van der Waals surface area (Å²) in [7, 11) is 0. The van der Waals surface area contributed by atoms with E-state index in [1.165, 1.54) is 0 Å². The number of likely N-dealkylation sites (tertiary alicyclic amines) is 1. The van der Waals surface area contributed by atoms with Crippen LogP contribution in [0.3, 0.4) is 0 Å². The van der Waals surface area contributed by atoms with Gasteiger partial charge in [0.05, 0.1) is 0 Å². The fraction of sp³-hybridized carbons (Fsp3) is 0.474. The number of ether oxygens (including phenoxy) is 1. The Labute approximate surface area is 143 Å². The normalized spacial score (nSPS) is 15.5. The molecule has 24 heavy (non-hydrogen) atoms. The third kappa shape index (κ3) is 5.02. The Bertz CT molecular complexity index is 630. The molecule has 1 saturated heterocycles. The highest BCUT2D eigenvalue weighted by atomic mass is 16.6. The number of piperidine rings is 1. The number of benzene rings is 1. The topological polar surface area (TPSA) is 58.6 Å². The molecule has 1 heterocycles. The first-order chi connectivity index (χ1) is 11.3. The molecule has 128 valence electrons. The van der Waals surface area contributed by atoms with Gasteiger partial charge < -0.3 is 15.0 Å². The lowest BCUT2D eigenvalue weighted by molar-refractivity contribution is 0.0404. The van der Waals surface area contributed by atoms with Crippen molar-refractivity contribution in [2.24, 2.45) is 0 Å². The molecule has 0 atom stereocenters.